The summed E-state index contributed by atoms with van der Waals surface area (Å²) < 4.78 is 29.3. The molecule has 3 aliphatic carbocycles. The van der Waals surface area contributed by atoms with Crippen molar-refractivity contribution in [3.8, 4) is 0 Å². The number of aliphatic imine (C=N–C) groups is 1. The summed E-state index contributed by atoms with van der Waals surface area (Å²) in [7, 11) is -2.54. The molecule has 1 aromatic heterocycles. The molecule has 0 fully saturated rings. The highest BCUT2D eigenvalue weighted by atomic mass is 19.2. The smallest absolute Gasteiger partial charge is 0.329 e. The average Bonchev–Trinajstić information content (AvgIpc) is 3.13. The highest BCUT2D eigenvalue weighted by Gasteiger charge is 2.39. The fraction of sp³-hybridized carbons (Fsp3) is 0.500. The van der Waals surface area contributed by atoms with Gasteiger partial charge in [-0.2, -0.15) is 0 Å². The van der Waals surface area contributed by atoms with Crippen molar-refractivity contribution in [1.82, 2.24) is 4.48 Å². The van der Waals surface area contributed by atoms with Gasteiger partial charge in [0.1, 0.15) is 0 Å². The van der Waals surface area contributed by atoms with Gasteiger partial charge in [-0.15, -0.1) is 0 Å². The predicted molar refractivity (Wildman–Crippen MR) is 109 cm³/mol. The molecule has 0 saturated heterocycles. The predicted octanol–water partition coefficient (Wildman–Crippen LogP) is 5.93. The van der Waals surface area contributed by atoms with Crippen molar-refractivity contribution >= 4 is 18.7 Å². The Morgan fingerprint density at radius 3 is 2.26 bits per heavy atom. The van der Waals surface area contributed by atoms with E-state index in [1.165, 1.54) is 22.0 Å². The minimum absolute atomic E-state index is 0.379. The van der Waals surface area contributed by atoms with Crippen LogP contribution in [0.2, 0.25) is 0 Å². The molecule has 1 aliphatic heterocycles. The third kappa shape index (κ3) is 2.54. The van der Waals surface area contributed by atoms with Crippen LogP contribution in [0, 0.1) is 25.7 Å². The van der Waals surface area contributed by atoms with Gasteiger partial charge in [-0.3, -0.25) is 13.6 Å². The number of fused-ring (bicyclic) bond motifs is 1. The first-order valence-electron chi connectivity index (χ1n) is 10.1. The van der Waals surface area contributed by atoms with E-state index in [4.69, 9.17) is 4.99 Å². The van der Waals surface area contributed by atoms with Crippen LogP contribution in [-0.4, -0.2) is 17.6 Å². The Hall–Kier alpha value is -1.91. The monoisotopic (exact) mass is 368 g/mol. The molecule has 2 heterocycles. The summed E-state index contributed by atoms with van der Waals surface area (Å²) in [6.45, 7) is 9.98. The van der Waals surface area contributed by atoms with Crippen molar-refractivity contribution in [1.29, 1.82) is 0 Å². The Balaban J connectivity index is 1.99. The molecule has 2 bridgehead atoms. The van der Waals surface area contributed by atoms with Crippen LogP contribution in [0.5, 0.6) is 0 Å². The molecule has 0 radical (unpaired) electrons. The highest BCUT2D eigenvalue weighted by molar-refractivity contribution is 6.41. The van der Waals surface area contributed by atoms with E-state index in [0.29, 0.717) is 29.6 Å². The van der Waals surface area contributed by atoms with Gasteiger partial charge < -0.3 is 4.48 Å². The first-order chi connectivity index (χ1) is 12.9. The topological polar surface area (TPSA) is 17.3 Å². The minimum atomic E-state index is -2.54. The van der Waals surface area contributed by atoms with Crippen molar-refractivity contribution in [2.45, 2.75) is 60.3 Å². The van der Waals surface area contributed by atoms with Gasteiger partial charge in [-0.25, -0.2) is 0 Å². The number of nitrogens with zero attached hydrogens (tertiary/aromatic N) is 2. The van der Waals surface area contributed by atoms with Crippen LogP contribution in [0.1, 0.15) is 62.5 Å². The Labute approximate surface area is 161 Å². The van der Waals surface area contributed by atoms with E-state index in [-0.39, 0.29) is 0 Å². The Morgan fingerprint density at radius 1 is 1.11 bits per heavy atom. The van der Waals surface area contributed by atoms with E-state index in [9.17, 15) is 8.63 Å². The second-order valence-electron chi connectivity index (χ2n) is 7.92. The van der Waals surface area contributed by atoms with Crippen LogP contribution in [0.4, 0.5) is 8.63 Å². The molecule has 0 spiro atoms. The number of hydrogen-bond donors (Lipinski definition) is 0. The van der Waals surface area contributed by atoms with Crippen LogP contribution in [0.3, 0.4) is 0 Å². The van der Waals surface area contributed by atoms with E-state index in [1.807, 2.05) is 20.8 Å². The molecule has 1 aromatic rings. The highest BCUT2D eigenvalue weighted by Crippen LogP contribution is 2.50. The van der Waals surface area contributed by atoms with E-state index >= 15 is 0 Å². The SMILES string of the molecule is CC/C(=C1/N=C(C)C2=C1[C@H]1C=C[C@@H]2CC1)c1c(C)c(CC)c(C)n1B(F)F. The van der Waals surface area contributed by atoms with Gasteiger partial charge in [0.15, 0.2) is 0 Å². The van der Waals surface area contributed by atoms with Crippen LogP contribution in [0.25, 0.3) is 5.57 Å². The molecule has 4 aliphatic rings. The van der Waals surface area contributed by atoms with Crippen molar-refractivity contribution in [2.75, 3.05) is 0 Å². The first kappa shape index (κ1) is 18.5. The lowest BCUT2D eigenvalue weighted by Crippen LogP contribution is -2.23. The van der Waals surface area contributed by atoms with Gasteiger partial charge in [0.25, 0.3) is 0 Å². The van der Waals surface area contributed by atoms with Crippen molar-refractivity contribution in [3.05, 3.63) is 51.5 Å². The third-order valence-corrected chi connectivity index (χ3v) is 6.64. The number of halogens is 2. The number of hydrogen-bond acceptors (Lipinski definition) is 1. The quantitative estimate of drug-likeness (QED) is 0.463. The molecular formula is C22H27BF2N2. The van der Waals surface area contributed by atoms with Gasteiger partial charge in [-0.05, 0) is 68.7 Å². The molecule has 5 heteroatoms. The lowest BCUT2D eigenvalue weighted by atomic mass is 9.70. The van der Waals surface area contributed by atoms with E-state index in [1.54, 1.807) is 0 Å². The third-order valence-electron chi connectivity index (χ3n) is 6.64. The molecule has 0 N–H and O–H groups in total. The second-order valence-corrected chi connectivity index (χ2v) is 7.92. The van der Waals surface area contributed by atoms with Crippen LogP contribution >= 0.6 is 0 Å². The van der Waals surface area contributed by atoms with E-state index in [0.717, 1.165) is 41.0 Å². The maximum Gasteiger partial charge on any atom is 0.677 e. The molecule has 5 rings (SSSR count). The minimum Gasteiger partial charge on any atom is -0.329 e. The molecule has 0 aromatic carbocycles. The number of aromatic nitrogens is 1. The summed E-state index contributed by atoms with van der Waals surface area (Å²) in [5.41, 5.74) is 9.07. The zero-order valence-electron chi connectivity index (χ0n) is 16.9. The number of allylic oxidation sites excluding steroid dienone is 5. The average molecular weight is 368 g/mol. The molecule has 142 valence electrons. The summed E-state index contributed by atoms with van der Waals surface area (Å²) in [6.07, 6.45) is 8.39. The summed E-state index contributed by atoms with van der Waals surface area (Å²) >= 11 is 0. The van der Waals surface area contributed by atoms with Crippen LogP contribution in [0.15, 0.2) is 34.0 Å². The van der Waals surface area contributed by atoms with E-state index < -0.39 is 7.40 Å². The van der Waals surface area contributed by atoms with Crippen molar-refractivity contribution in [2.24, 2.45) is 16.8 Å². The maximum atomic E-state index is 14.0. The fourth-order valence-corrected chi connectivity index (χ4v) is 5.48. The normalized spacial score (nSPS) is 25.2. The van der Waals surface area contributed by atoms with Gasteiger partial charge in [-0.1, -0.05) is 26.0 Å². The maximum absolute atomic E-state index is 14.0. The Morgan fingerprint density at radius 2 is 1.74 bits per heavy atom. The summed E-state index contributed by atoms with van der Waals surface area (Å²) in [5.74, 6) is 0.824. The molecule has 2 atom stereocenters. The second kappa shape index (κ2) is 6.61. The van der Waals surface area contributed by atoms with Gasteiger partial charge in [0, 0.05) is 34.5 Å². The lowest BCUT2D eigenvalue weighted by Gasteiger charge is -2.33. The lowest BCUT2D eigenvalue weighted by molar-refractivity contribution is 0.501. The van der Waals surface area contributed by atoms with Crippen molar-refractivity contribution in [3.63, 3.8) is 0 Å². The number of rotatable bonds is 4. The fourth-order valence-electron chi connectivity index (χ4n) is 5.48. The van der Waals surface area contributed by atoms with E-state index in [2.05, 4.69) is 26.0 Å². The van der Waals surface area contributed by atoms with Crippen LogP contribution < -0.4 is 0 Å². The molecular weight excluding hydrogens is 341 g/mol. The van der Waals surface area contributed by atoms with Crippen LogP contribution in [-0.2, 0) is 6.42 Å². The largest absolute Gasteiger partial charge is 0.677 e. The molecule has 2 nitrogen and oxygen atoms in total. The zero-order chi connectivity index (χ0) is 19.5. The molecule has 0 unspecified atom stereocenters. The summed E-state index contributed by atoms with van der Waals surface area (Å²) in [6, 6.07) is 0. The van der Waals surface area contributed by atoms with Gasteiger partial charge >= 0.3 is 7.40 Å². The molecule has 0 amide bonds. The van der Waals surface area contributed by atoms with Gasteiger partial charge in [0.05, 0.1) is 5.70 Å². The first-order valence-corrected chi connectivity index (χ1v) is 10.1. The Kier molecular flexibility index (Phi) is 4.52. The van der Waals surface area contributed by atoms with Crippen molar-refractivity contribution < 1.29 is 8.63 Å². The summed E-state index contributed by atoms with van der Waals surface area (Å²) in [4.78, 5) is 4.95. The Bertz CT molecular complexity index is 931. The molecule has 0 saturated carbocycles. The summed E-state index contributed by atoms with van der Waals surface area (Å²) in [5, 5.41) is 0. The zero-order valence-corrected chi connectivity index (χ0v) is 16.9. The van der Waals surface area contributed by atoms with Gasteiger partial charge in [0.2, 0.25) is 0 Å². The standard InChI is InChI=1S/C22H27BF2N2/c1-6-17-12(3)22(27(14(17)5)23(24)25)18(7-2)21-20-16-10-8-15(9-11-16)19(20)13(4)26-21/h8,10,15-16H,6-7,9,11H2,1-5H3/b21-18-/t15-,16+/m1/s1. The molecule has 27 heavy (non-hydrogen) atoms.